The van der Waals surface area contributed by atoms with Crippen LogP contribution in [0.25, 0.3) is 0 Å². The third kappa shape index (κ3) is 15.3. The van der Waals surface area contributed by atoms with Gasteiger partial charge in [-0.05, 0) is 74.6 Å². The lowest BCUT2D eigenvalue weighted by molar-refractivity contribution is -0.157. The van der Waals surface area contributed by atoms with Crippen molar-refractivity contribution in [1.29, 1.82) is 0 Å². The standard InChI is InChI=1S/C42H70O10Si2/c1-30(22-36(43)33-20-21-48-28-33)23-38(52-54(13,14)42(6,7)8)37(50-29-49-27-32-18-16-15-17-19-32)26-35(40(46-9)47-10)31(2)24-34(25-39(44)45)51-53(11,12)41(3,4)5/h15-21,23-24,28,34-38,40,43H,22,25-27,29H2,1-14H3,(H,44,45)/b30-23+,31-24+/t34-,35+,36-,37-,38-/m0/s1. The summed E-state index contributed by atoms with van der Waals surface area (Å²) in [6.45, 7) is 26.0. The molecule has 0 radical (unpaired) electrons. The lowest BCUT2D eigenvalue weighted by Gasteiger charge is -2.42. The van der Waals surface area contributed by atoms with Crippen molar-refractivity contribution in [3.05, 3.63) is 83.3 Å². The number of aliphatic hydroxyl groups excluding tert-OH is 1. The van der Waals surface area contributed by atoms with E-state index in [4.69, 9.17) is 32.2 Å². The number of carboxylic acids is 1. The molecule has 12 heteroatoms. The molecule has 306 valence electrons. The van der Waals surface area contributed by atoms with Crippen LogP contribution in [0.5, 0.6) is 0 Å². The Morgan fingerprint density at radius 1 is 0.870 bits per heavy atom. The SMILES string of the molecule is COC(OC)[C@H](C[C@H](OCOCc1ccccc1)[C@H](/C=C(\C)C[C@H](O)c1ccoc1)O[Si](C)(C)C(C)(C)C)/C(C)=C/[C@@H](CC(=O)O)O[Si](C)(C)C(C)(C)C. The van der Waals surface area contributed by atoms with Gasteiger partial charge in [0.05, 0.1) is 50.0 Å². The molecule has 54 heavy (non-hydrogen) atoms. The van der Waals surface area contributed by atoms with Gasteiger partial charge in [-0.3, -0.25) is 4.79 Å². The summed E-state index contributed by atoms with van der Waals surface area (Å²) in [7, 11) is -1.55. The molecule has 2 aromatic rings. The fraction of sp³-hybridized carbons (Fsp3) is 0.643. The van der Waals surface area contributed by atoms with Gasteiger partial charge >= 0.3 is 5.97 Å². The average molecular weight is 791 g/mol. The molecule has 0 saturated heterocycles. The summed E-state index contributed by atoms with van der Waals surface area (Å²) < 4.78 is 43.6. The van der Waals surface area contributed by atoms with E-state index < -0.39 is 53.3 Å². The molecule has 0 aliphatic heterocycles. The highest BCUT2D eigenvalue weighted by atomic mass is 28.4. The van der Waals surface area contributed by atoms with Crippen LogP contribution in [0.1, 0.15) is 91.9 Å². The van der Waals surface area contributed by atoms with Crippen LogP contribution in [0.2, 0.25) is 36.3 Å². The van der Waals surface area contributed by atoms with Crippen molar-refractivity contribution in [3.63, 3.8) is 0 Å². The van der Waals surface area contributed by atoms with E-state index in [-0.39, 0.29) is 29.2 Å². The van der Waals surface area contributed by atoms with Crippen LogP contribution in [-0.4, -0.2) is 78.4 Å². The van der Waals surface area contributed by atoms with Crippen molar-refractivity contribution >= 4 is 22.6 Å². The number of methoxy groups -OCH3 is 2. The van der Waals surface area contributed by atoms with Crippen molar-refractivity contribution < 1.29 is 47.2 Å². The molecule has 2 N–H and O–H groups in total. The molecule has 0 aliphatic rings. The summed E-state index contributed by atoms with van der Waals surface area (Å²) in [5, 5.41) is 20.7. The number of benzene rings is 1. The highest BCUT2D eigenvalue weighted by Gasteiger charge is 2.42. The maximum Gasteiger partial charge on any atom is 0.306 e. The van der Waals surface area contributed by atoms with Crippen molar-refractivity contribution in [2.75, 3.05) is 21.0 Å². The van der Waals surface area contributed by atoms with E-state index in [1.54, 1.807) is 32.8 Å². The minimum absolute atomic E-state index is 0.00229. The second-order valence-corrected chi connectivity index (χ2v) is 26.9. The van der Waals surface area contributed by atoms with E-state index >= 15 is 0 Å². The Morgan fingerprint density at radius 3 is 1.98 bits per heavy atom. The molecular weight excluding hydrogens is 721 g/mol. The van der Waals surface area contributed by atoms with E-state index in [0.29, 0.717) is 25.0 Å². The number of hydrogen-bond donors (Lipinski definition) is 2. The number of hydrogen-bond acceptors (Lipinski definition) is 9. The number of ether oxygens (including phenoxy) is 4. The second-order valence-electron chi connectivity index (χ2n) is 17.4. The van der Waals surface area contributed by atoms with Gasteiger partial charge in [0, 0.05) is 25.7 Å². The number of rotatable bonds is 23. The normalized spacial score (nSPS) is 16.7. The van der Waals surface area contributed by atoms with Crippen LogP contribution in [0.15, 0.2) is 76.6 Å². The quantitative estimate of drug-likeness (QED) is 0.0486. The van der Waals surface area contributed by atoms with Crippen molar-refractivity contribution in [2.24, 2.45) is 5.92 Å². The molecule has 0 unspecified atom stereocenters. The largest absolute Gasteiger partial charge is 0.481 e. The van der Waals surface area contributed by atoms with E-state index in [1.807, 2.05) is 50.3 Å². The van der Waals surface area contributed by atoms with Crippen molar-refractivity contribution in [3.8, 4) is 0 Å². The molecule has 2 rings (SSSR count). The second kappa shape index (κ2) is 21.2. The van der Waals surface area contributed by atoms with Gasteiger partial charge in [-0.15, -0.1) is 0 Å². The Kier molecular flexibility index (Phi) is 18.8. The fourth-order valence-corrected chi connectivity index (χ4v) is 8.12. The highest BCUT2D eigenvalue weighted by molar-refractivity contribution is 6.74. The lowest BCUT2D eigenvalue weighted by atomic mass is 9.89. The first kappa shape index (κ1) is 47.8. The summed E-state index contributed by atoms with van der Waals surface area (Å²) in [4.78, 5) is 12.1. The van der Waals surface area contributed by atoms with E-state index in [9.17, 15) is 15.0 Å². The zero-order valence-corrected chi connectivity index (χ0v) is 37.4. The summed E-state index contributed by atoms with van der Waals surface area (Å²) >= 11 is 0. The van der Waals surface area contributed by atoms with Gasteiger partial charge in [0.15, 0.2) is 22.9 Å². The number of aliphatic carboxylic acids is 1. The molecule has 1 heterocycles. The third-order valence-corrected chi connectivity index (χ3v) is 19.9. The molecule has 10 nitrogen and oxygen atoms in total. The van der Waals surface area contributed by atoms with Crippen LogP contribution < -0.4 is 0 Å². The zero-order chi connectivity index (χ0) is 40.9. The van der Waals surface area contributed by atoms with Crippen molar-refractivity contribution in [2.45, 2.75) is 148 Å². The fourth-order valence-electron chi connectivity index (χ4n) is 5.60. The van der Waals surface area contributed by atoms with Crippen LogP contribution in [0.3, 0.4) is 0 Å². The molecule has 0 amide bonds. The molecule has 1 aromatic heterocycles. The number of furan rings is 1. The smallest absolute Gasteiger partial charge is 0.306 e. The summed E-state index contributed by atoms with van der Waals surface area (Å²) in [6.07, 6.45) is 4.48. The third-order valence-electron chi connectivity index (χ3n) is 10.9. The molecule has 0 spiro atoms. The van der Waals surface area contributed by atoms with Gasteiger partial charge in [-0.1, -0.05) is 95.2 Å². The number of aliphatic hydroxyl groups is 1. The Bertz CT molecular complexity index is 1440. The molecule has 0 aliphatic carbocycles. The zero-order valence-electron chi connectivity index (χ0n) is 35.4. The summed E-state index contributed by atoms with van der Waals surface area (Å²) in [6, 6.07) is 11.7. The van der Waals surface area contributed by atoms with E-state index in [2.05, 4.69) is 73.8 Å². The monoisotopic (exact) mass is 790 g/mol. The molecule has 0 saturated carbocycles. The molecule has 1 aromatic carbocycles. The first-order chi connectivity index (χ1) is 25.0. The number of carboxylic acid groups (broad SMARTS) is 1. The molecule has 0 bridgehead atoms. The average Bonchev–Trinajstić information content (AvgIpc) is 3.60. The summed E-state index contributed by atoms with van der Waals surface area (Å²) in [5.41, 5.74) is 3.51. The van der Waals surface area contributed by atoms with Gasteiger partial charge < -0.3 is 42.4 Å². The Balaban J connectivity index is 2.66. The summed E-state index contributed by atoms with van der Waals surface area (Å²) in [5.74, 6) is -1.32. The van der Waals surface area contributed by atoms with Gasteiger partial charge in [0.1, 0.15) is 6.79 Å². The van der Waals surface area contributed by atoms with Crippen LogP contribution in [0, 0.1) is 5.92 Å². The highest BCUT2D eigenvalue weighted by Crippen LogP contribution is 2.40. The molecular formula is C42H70O10Si2. The van der Waals surface area contributed by atoms with Gasteiger partial charge in [-0.25, -0.2) is 0 Å². The first-order valence-electron chi connectivity index (χ1n) is 18.9. The minimum atomic E-state index is -2.40. The first-order valence-corrected chi connectivity index (χ1v) is 24.7. The number of carbonyl (C=O) groups is 1. The van der Waals surface area contributed by atoms with Crippen LogP contribution in [-0.2, 0) is 39.2 Å². The topological polar surface area (TPSA) is 126 Å². The predicted octanol–water partition coefficient (Wildman–Crippen LogP) is 10.0. The maximum atomic E-state index is 12.1. The van der Waals surface area contributed by atoms with Crippen LogP contribution in [0.4, 0.5) is 0 Å². The Labute approximate surface area is 327 Å². The van der Waals surface area contributed by atoms with Gasteiger partial charge in [0.25, 0.3) is 0 Å². The lowest BCUT2D eigenvalue weighted by Crippen LogP contribution is -2.48. The minimum Gasteiger partial charge on any atom is -0.481 e. The Hall–Kier alpha value is -2.40. The van der Waals surface area contributed by atoms with E-state index in [0.717, 1.165) is 16.7 Å². The van der Waals surface area contributed by atoms with E-state index in [1.165, 1.54) is 0 Å². The van der Waals surface area contributed by atoms with Crippen molar-refractivity contribution in [1.82, 2.24) is 0 Å². The van der Waals surface area contributed by atoms with Gasteiger partial charge in [-0.2, -0.15) is 0 Å². The van der Waals surface area contributed by atoms with Crippen LogP contribution >= 0.6 is 0 Å². The Morgan fingerprint density at radius 2 is 1.46 bits per heavy atom. The van der Waals surface area contributed by atoms with Gasteiger partial charge in [0.2, 0.25) is 0 Å². The molecule has 5 atom stereocenters. The molecule has 0 fully saturated rings. The predicted molar refractivity (Wildman–Crippen MR) is 219 cm³/mol. The maximum absolute atomic E-state index is 12.1.